The SMILES string of the molecule is O=C(Cc1cccc(F)c1)Nc1c(Br)cc(-c2ccncc2)cc1CCCCCCCCCC(F)(F)F. The van der Waals surface area contributed by atoms with E-state index < -0.39 is 12.6 Å². The molecule has 0 fully saturated rings. The van der Waals surface area contributed by atoms with Crippen molar-refractivity contribution in [2.75, 3.05) is 5.32 Å². The summed E-state index contributed by atoms with van der Waals surface area (Å²) >= 11 is 3.62. The average molecular weight is 579 g/mol. The number of nitrogens with one attached hydrogen (secondary N) is 1. The van der Waals surface area contributed by atoms with Crippen LogP contribution < -0.4 is 5.32 Å². The topological polar surface area (TPSA) is 42.0 Å². The smallest absolute Gasteiger partial charge is 0.325 e. The van der Waals surface area contributed by atoms with Crippen LogP contribution >= 0.6 is 15.9 Å². The summed E-state index contributed by atoms with van der Waals surface area (Å²) in [4.78, 5) is 16.9. The zero-order valence-electron chi connectivity index (χ0n) is 20.6. The third-order valence-electron chi connectivity index (χ3n) is 6.11. The number of halogens is 5. The van der Waals surface area contributed by atoms with E-state index in [1.807, 2.05) is 18.2 Å². The molecular formula is C29H31BrF4N2O. The number of amides is 1. The number of rotatable bonds is 13. The van der Waals surface area contributed by atoms with Crippen LogP contribution in [0.1, 0.15) is 62.5 Å². The van der Waals surface area contributed by atoms with Crippen LogP contribution in [0.3, 0.4) is 0 Å². The van der Waals surface area contributed by atoms with Crippen molar-refractivity contribution in [1.82, 2.24) is 4.98 Å². The van der Waals surface area contributed by atoms with E-state index in [1.165, 1.54) is 12.1 Å². The number of aromatic nitrogens is 1. The lowest BCUT2D eigenvalue weighted by Gasteiger charge is -2.16. The van der Waals surface area contributed by atoms with Gasteiger partial charge in [0.15, 0.2) is 0 Å². The van der Waals surface area contributed by atoms with Crippen molar-refractivity contribution >= 4 is 27.5 Å². The van der Waals surface area contributed by atoms with Gasteiger partial charge in [-0.3, -0.25) is 9.78 Å². The van der Waals surface area contributed by atoms with E-state index in [9.17, 15) is 22.4 Å². The maximum absolute atomic E-state index is 13.5. The highest BCUT2D eigenvalue weighted by Gasteiger charge is 2.25. The molecule has 0 saturated carbocycles. The van der Waals surface area contributed by atoms with Gasteiger partial charge in [-0.1, -0.05) is 44.2 Å². The van der Waals surface area contributed by atoms with Gasteiger partial charge in [0.25, 0.3) is 0 Å². The van der Waals surface area contributed by atoms with E-state index in [-0.39, 0.29) is 24.6 Å². The lowest BCUT2D eigenvalue weighted by molar-refractivity contribution is -0.135. The summed E-state index contributed by atoms with van der Waals surface area (Å²) in [5, 5.41) is 3.00. The lowest BCUT2D eigenvalue weighted by atomic mass is 9.98. The standard InChI is InChI=1S/C29H31BrF4N2O/c30-26-20-24(22-12-15-35-16-13-22)19-23(10-6-4-2-1-3-5-7-14-29(32,33)34)28(26)36-27(37)18-21-9-8-11-25(31)17-21/h8-9,11-13,15-17,19-20H,1-7,10,14,18H2,(H,36,37). The van der Waals surface area contributed by atoms with Gasteiger partial charge in [-0.25, -0.2) is 4.39 Å². The van der Waals surface area contributed by atoms with Gasteiger partial charge < -0.3 is 5.32 Å². The summed E-state index contributed by atoms with van der Waals surface area (Å²) < 4.78 is 51.0. The van der Waals surface area contributed by atoms with E-state index in [2.05, 4.69) is 32.3 Å². The Balaban J connectivity index is 1.62. The van der Waals surface area contributed by atoms with Crippen LogP contribution in [0.15, 0.2) is 65.4 Å². The maximum atomic E-state index is 13.5. The minimum absolute atomic E-state index is 0.0596. The molecule has 0 aliphatic rings. The molecule has 0 saturated heterocycles. The molecule has 1 N–H and O–H groups in total. The molecular weight excluding hydrogens is 548 g/mol. The summed E-state index contributed by atoms with van der Waals surface area (Å²) in [7, 11) is 0. The molecule has 0 radical (unpaired) electrons. The van der Waals surface area contributed by atoms with E-state index >= 15 is 0 Å². The number of unbranched alkanes of at least 4 members (excludes halogenated alkanes) is 6. The number of carbonyl (C=O) groups excluding carboxylic acids is 1. The zero-order valence-corrected chi connectivity index (χ0v) is 22.2. The maximum Gasteiger partial charge on any atom is 0.389 e. The fourth-order valence-electron chi connectivity index (χ4n) is 4.25. The predicted octanol–water partition coefficient (Wildman–Crippen LogP) is 9.06. The number of aryl methyl sites for hydroxylation is 1. The summed E-state index contributed by atoms with van der Waals surface area (Å²) in [5.74, 6) is -0.614. The van der Waals surface area contributed by atoms with Gasteiger partial charge in [-0.05, 0) is 93.8 Å². The van der Waals surface area contributed by atoms with Crippen molar-refractivity contribution in [3.05, 3.63) is 82.3 Å². The molecule has 0 aliphatic carbocycles. The van der Waals surface area contributed by atoms with Crippen LogP contribution in [0, 0.1) is 5.82 Å². The van der Waals surface area contributed by atoms with Crippen molar-refractivity contribution in [2.45, 2.75) is 70.4 Å². The van der Waals surface area contributed by atoms with Gasteiger partial charge in [0, 0.05) is 23.3 Å². The molecule has 37 heavy (non-hydrogen) atoms. The molecule has 3 nitrogen and oxygen atoms in total. The third-order valence-corrected chi connectivity index (χ3v) is 6.74. The first-order chi connectivity index (χ1) is 17.7. The summed E-state index contributed by atoms with van der Waals surface area (Å²) in [6.45, 7) is 0. The minimum atomic E-state index is -4.07. The number of nitrogens with zero attached hydrogens (tertiary/aromatic N) is 1. The number of anilines is 1. The van der Waals surface area contributed by atoms with Crippen molar-refractivity contribution in [1.29, 1.82) is 0 Å². The molecule has 1 heterocycles. The number of pyridine rings is 1. The molecule has 1 aromatic heterocycles. The van der Waals surface area contributed by atoms with Crippen LogP contribution in [0.4, 0.5) is 23.2 Å². The molecule has 0 atom stereocenters. The van der Waals surface area contributed by atoms with Crippen LogP contribution in [0.5, 0.6) is 0 Å². The second-order valence-corrected chi connectivity index (χ2v) is 10.0. The van der Waals surface area contributed by atoms with Crippen LogP contribution in [0.25, 0.3) is 11.1 Å². The molecule has 3 aromatic rings. The summed E-state index contributed by atoms with van der Waals surface area (Å²) in [5.41, 5.74) is 4.29. The van der Waals surface area contributed by atoms with Crippen LogP contribution in [-0.4, -0.2) is 17.1 Å². The van der Waals surface area contributed by atoms with E-state index in [4.69, 9.17) is 0 Å². The van der Waals surface area contributed by atoms with Crippen molar-refractivity contribution in [3.8, 4) is 11.1 Å². The Labute approximate surface area is 223 Å². The van der Waals surface area contributed by atoms with Crippen molar-refractivity contribution in [2.24, 2.45) is 0 Å². The van der Waals surface area contributed by atoms with E-state index in [1.54, 1.807) is 24.5 Å². The van der Waals surface area contributed by atoms with Gasteiger partial charge >= 0.3 is 6.18 Å². The number of hydrogen-bond donors (Lipinski definition) is 1. The largest absolute Gasteiger partial charge is 0.389 e. The Hall–Kier alpha value is -2.74. The highest BCUT2D eigenvalue weighted by Crippen LogP contribution is 2.34. The van der Waals surface area contributed by atoms with Crippen molar-refractivity contribution < 1.29 is 22.4 Å². The Kier molecular flexibility index (Phi) is 11.1. The van der Waals surface area contributed by atoms with Gasteiger partial charge in [-0.15, -0.1) is 0 Å². The lowest BCUT2D eigenvalue weighted by Crippen LogP contribution is -2.16. The minimum Gasteiger partial charge on any atom is -0.325 e. The molecule has 1 amide bonds. The zero-order chi connectivity index (χ0) is 26.7. The monoisotopic (exact) mass is 578 g/mol. The normalized spacial score (nSPS) is 11.5. The Morgan fingerprint density at radius 1 is 0.865 bits per heavy atom. The van der Waals surface area contributed by atoms with Gasteiger partial charge in [0.1, 0.15) is 5.82 Å². The molecule has 0 spiro atoms. The number of alkyl halides is 3. The third kappa shape index (κ3) is 10.3. The van der Waals surface area contributed by atoms with Gasteiger partial charge in [0.05, 0.1) is 12.1 Å². The van der Waals surface area contributed by atoms with Gasteiger partial charge in [-0.2, -0.15) is 13.2 Å². The van der Waals surface area contributed by atoms with Gasteiger partial charge in [0.2, 0.25) is 5.91 Å². The second-order valence-electron chi connectivity index (χ2n) is 9.17. The Bertz CT molecular complexity index is 1150. The predicted molar refractivity (Wildman–Crippen MR) is 143 cm³/mol. The molecule has 2 aromatic carbocycles. The fraction of sp³-hybridized carbons (Fsp3) is 0.379. The first-order valence-corrected chi connectivity index (χ1v) is 13.3. The quantitative estimate of drug-likeness (QED) is 0.162. The first kappa shape index (κ1) is 28.8. The molecule has 3 rings (SSSR count). The highest BCUT2D eigenvalue weighted by molar-refractivity contribution is 9.10. The average Bonchev–Trinajstić information content (AvgIpc) is 2.84. The van der Waals surface area contributed by atoms with Crippen LogP contribution in [-0.2, 0) is 17.6 Å². The number of carbonyl (C=O) groups is 1. The summed E-state index contributed by atoms with van der Waals surface area (Å²) in [6, 6.07) is 13.9. The van der Waals surface area contributed by atoms with E-state index in [0.717, 1.165) is 59.7 Å². The number of benzene rings is 2. The second kappa shape index (κ2) is 14.3. The Morgan fingerprint density at radius 2 is 1.54 bits per heavy atom. The Morgan fingerprint density at radius 3 is 2.22 bits per heavy atom. The molecule has 0 aliphatic heterocycles. The molecule has 198 valence electrons. The molecule has 8 heteroatoms. The fourth-order valence-corrected chi connectivity index (χ4v) is 4.85. The molecule has 0 unspecified atom stereocenters. The van der Waals surface area contributed by atoms with Crippen molar-refractivity contribution in [3.63, 3.8) is 0 Å². The number of hydrogen-bond acceptors (Lipinski definition) is 2. The summed E-state index contributed by atoms with van der Waals surface area (Å²) in [6.07, 6.45) is 4.79. The van der Waals surface area contributed by atoms with Crippen LogP contribution in [0.2, 0.25) is 0 Å². The highest BCUT2D eigenvalue weighted by atomic mass is 79.9. The first-order valence-electron chi connectivity index (χ1n) is 12.5. The van der Waals surface area contributed by atoms with E-state index in [0.29, 0.717) is 17.7 Å². The molecule has 0 bridgehead atoms.